The highest BCUT2D eigenvalue weighted by molar-refractivity contribution is 5.83. The minimum Gasteiger partial charge on any atom is -0.378 e. The largest absolute Gasteiger partial charge is 0.378 e. The van der Waals surface area contributed by atoms with Crippen LogP contribution in [0.2, 0.25) is 0 Å². The number of benzene rings is 2. The van der Waals surface area contributed by atoms with Gasteiger partial charge in [0, 0.05) is 41.9 Å². The second kappa shape index (κ2) is 7.75. The molecule has 1 unspecified atom stereocenters. The van der Waals surface area contributed by atoms with E-state index in [2.05, 4.69) is 36.2 Å². The van der Waals surface area contributed by atoms with E-state index in [1.165, 1.54) is 10.5 Å². The minimum absolute atomic E-state index is 0.152. The summed E-state index contributed by atoms with van der Waals surface area (Å²) in [5.41, 5.74) is 5.26. The van der Waals surface area contributed by atoms with Crippen molar-refractivity contribution in [1.29, 1.82) is 0 Å². The van der Waals surface area contributed by atoms with Gasteiger partial charge in [-0.05, 0) is 32.0 Å². The lowest BCUT2D eigenvalue weighted by molar-refractivity contribution is -0.925. The second-order valence-electron chi connectivity index (χ2n) is 7.12. The third-order valence-corrected chi connectivity index (χ3v) is 5.04. The number of pyridine rings is 1. The van der Waals surface area contributed by atoms with E-state index in [0.29, 0.717) is 0 Å². The molecule has 0 aliphatic carbocycles. The molecule has 1 atom stereocenters. The molecular weight excluding hydrogens is 322 g/mol. The minimum atomic E-state index is 0.152. The number of aryl methyl sites for hydroxylation is 1. The van der Waals surface area contributed by atoms with E-state index >= 15 is 0 Å². The van der Waals surface area contributed by atoms with Gasteiger partial charge < -0.3 is 14.8 Å². The average molecular weight is 350 g/mol. The van der Waals surface area contributed by atoms with Crippen molar-refractivity contribution in [3.05, 3.63) is 75.6 Å². The summed E-state index contributed by atoms with van der Waals surface area (Å²) in [6, 6.07) is 16.5. The smallest absolute Gasteiger partial charge is 0.198 e. The quantitative estimate of drug-likeness (QED) is 0.717. The summed E-state index contributed by atoms with van der Waals surface area (Å²) in [5.74, 6) is 0. The summed E-state index contributed by atoms with van der Waals surface area (Å²) in [6.45, 7) is 6.81. The Morgan fingerprint density at radius 3 is 2.42 bits per heavy atom. The number of aromatic nitrogens is 1. The van der Waals surface area contributed by atoms with Crippen LogP contribution in [0.15, 0.2) is 53.3 Å². The van der Waals surface area contributed by atoms with E-state index in [1.54, 1.807) is 0 Å². The molecule has 2 N–H and O–H groups in total. The average Bonchev–Trinajstić information content (AvgIpc) is 2.64. The highest BCUT2D eigenvalue weighted by atomic mass is 16.1. The summed E-state index contributed by atoms with van der Waals surface area (Å²) in [5, 5.41) is 0.770. The SMILES string of the molecule is CC[NH+](Cc1ccccc1)Cc1c(C)[nH]c2ccc(N(C)C)cc2c1=O. The third-order valence-electron chi connectivity index (χ3n) is 5.04. The van der Waals surface area contributed by atoms with Crippen LogP contribution in [0, 0.1) is 6.92 Å². The van der Waals surface area contributed by atoms with Gasteiger partial charge in [0.2, 0.25) is 0 Å². The van der Waals surface area contributed by atoms with Crippen molar-refractivity contribution < 1.29 is 4.90 Å². The number of fused-ring (bicyclic) bond motifs is 1. The summed E-state index contributed by atoms with van der Waals surface area (Å²) in [6.07, 6.45) is 0. The predicted octanol–water partition coefficient (Wildman–Crippen LogP) is 2.51. The van der Waals surface area contributed by atoms with Crippen LogP contribution in [0.5, 0.6) is 0 Å². The zero-order valence-electron chi connectivity index (χ0n) is 16.1. The summed E-state index contributed by atoms with van der Waals surface area (Å²) in [7, 11) is 3.99. The Morgan fingerprint density at radius 1 is 1.04 bits per heavy atom. The number of rotatable bonds is 6. The maximum Gasteiger partial charge on any atom is 0.198 e. The molecule has 0 bridgehead atoms. The van der Waals surface area contributed by atoms with Crippen molar-refractivity contribution in [3.8, 4) is 0 Å². The van der Waals surface area contributed by atoms with Crippen LogP contribution in [0.25, 0.3) is 10.9 Å². The van der Waals surface area contributed by atoms with E-state index in [4.69, 9.17) is 0 Å². The van der Waals surface area contributed by atoms with E-state index in [9.17, 15) is 4.79 Å². The first-order valence-electron chi connectivity index (χ1n) is 9.20. The van der Waals surface area contributed by atoms with Crippen molar-refractivity contribution >= 4 is 16.6 Å². The Morgan fingerprint density at radius 2 is 1.77 bits per heavy atom. The number of quaternary nitrogens is 1. The van der Waals surface area contributed by atoms with Gasteiger partial charge in [-0.2, -0.15) is 0 Å². The molecule has 2 aromatic carbocycles. The van der Waals surface area contributed by atoms with Gasteiger partial charge in [-0.15, -0.1) is 0 Å². The second-order valence-corrected chi connectivity index (χ2v) is 7.12. The van der Waals surface area contributed by atoms with Crippen molar-refractivity contribution in [1.82, 2.24) is 4.98 Å². The van der Waals surface area contributed by atoms with Gasteiger partial charge in [-0.25, -0.2) is 0 Å². The normalized spacial score (nSPS) is 12.3. The highest BCUT2D eigenvalue weighted by Crippen LogP contribution is 2.18. The lowest BCUT2D eigenvalue weighted by Crippen LogP contribution is -3.09. The third kappa shape index (κ3) is 3.81. The number of aromatic amines is 1. The molecule has 0 saturated heterocycles. The number of hydrogen-bond acceptors (Lipinski definition) is 2. The number of nitrogens with one attached hydrogen (secondary N) is 2. The Balaban J connectivity index is 1.96. The number of anilines is 1. The zero-order valence-corrected chi connectivity index (χ0v) is 16.1. The summed E-state index contributed by atoms with van der Waals surface area (Å²) >= 11 is 0. The first-order valence-corrected chi connectivity index (χ1v) is 9.20. The number of H-pyrrole nitrogens is 1. The van der Waals surface area contributed by atoms with Crippen LogP contribution in [-0.2, 0) is 13.1 Å². The summed E-state index contributed by atoms with van der Waals surface area (Å²) < 4.78 is 0. The molecule has 3 aromatic rings. The van der Waals surface area contributed by atoms with Gasteiger partial charge in [0.05, 0.1) is 12.1 Å². The lowest BCUT2D eigenvalue weighted by atomic mass is 10.1. The van der Waals surface area contributed by atoms with Crippen LogP contribution in [0.4, 0.5) is 5.69 Å². The van der Waals surface area contributed by atoms with E-state index in [0.717, 1.165) is 47.5 Å². The fourth-order valence-electron chi connectivity index (χ4n) is 3.38. The molecule has 136 valence electrons. The van der Waals surface area contributed by atoms with Crippen LogP contribution in [-0.4, -0.2) is 25.6 Å². The molecule has 0 radical (unpaired) electrons. The fraction of sp³-hybridized carbons (Fsp3) is 0.318. The van der Waals surface area contributed by atoms with Crippen LogP contribution in [0.3, 0.4) is 0 Å². The Labute approximate surface area is 155 Å². The molecule has 0 amide bonds. The molecule has 0 aliphatic heterocycles. The monoisotopic (exact) mass is 350 g/mol. The van der Waals surface area contributed by atoms with Crippen molar-refractivity contribution in [2.75, 3.05) is 25.5 Å². The molecule has 0 spiro atoms. The standard InChI is InChI=1S/C22H27N3O/c1-5-25(14-17-9-7-6-8-10-17)15-20-16(2)23-21-12-11-18(24(3)4)13-19(21)22(20)26/h6-13H,5,14-15H2,1-4H3,(H,23,26)/p+1. The Kier molecular flexibility index (Phi) is 5.43. The molecule has 0 aliphatic rings. The molecule has 0 fully saturated rings. The number of nitrogens with zero attached hydrogens (tertiary/aromatic N) is 1. The van der Waals surface area contributed by atoms with Crippen molar-refractivity contribution in [2.24, 2.45) is 0 Å². The summed E-state index contributed by atoms with van der Waals surface area (Å²) in [4.78, 5) is 20.0. The van der Waals surface area contributed by atoms with Gasteiger partial charge in [0.1, 0.15) is 13.1 Å². The fourth-order valence-corrected chi connectivity index (χ4v) is 3.38. The molecule has 1 aromatic heterocycles. The molecular formula is C22H28N3O+. The van der Waals surface area contributed by atoms with Crippen LogP contribution >= 0.6 is 0 Å². The van der Waals surface area contributed by atoms with Crippen LogP contribution < -0.4 is 15.2 Å². The Hall–Kier alpha value is -2.59. The van der Waals surface area contributed by atoms with Gasteiger partial charge in [0.15, 0.2) is 5.43 Å². The van der Waals surface area contributed by atoms with Crippen molar-refractivity contribution in [2.45, 2.75) is 26.9 Å². The molecule has 0 saturated carbocycles. The lowest BCUT2D eigenvalue weighted by Gasteiger charge is -2.19. The zero-order chi connectivity index (χ0) is 18.7. The van der Waals surface area contributed by atoms with E-state index in [-0.39, 0.29) is 5.43 Å². The van der Waals surface area contributed by atoms with Gasteiger partial charge in [-0.3, -0.25) is 4.79 Å². The molecule has 4 nitrogen and oxygen atoms in total. The van der Waals surface area contributed by atoms with Gasteiger partial charge in [0.25, 0.3) is 0 Å². The topological polar surface area (TPSA) is 40.5 Å². The van der Waals surface area contributed by atoms with E-state index < -0.39 is 0 Å². The Bertz CT molecular complexity index is 945. The van der Waals surface area contributed by atoms with Crippen LogP contribution in [0.1, 0.15) is 23.7 Å². The van der Waals surface area contributed by atoms with Crippen molar-refractivity contribution in [3.63, 3.8) is 0 Å². The molecule has 4 heteroatoms. The predicted molar refractivity (Wildman–Crippen MR) is 109 cm³/mol. The molecule has 1 heterocycles. The number of hydrogen-bond donors (Lipinski definition) is 2. The first-order chi connectivity index (χ1) is 12.5. The first kappa shape index (κ1) is 18.2. The van der Waals surface area contributed by atoms with E-state index in [1.807, 2.05) is 50.2 Å². The highest BCUT2D eigenvalue weighted by Gasteiger charge is 2.16. The maximum atomic E-state index is 13.2. The maximum absolute atomic E-state index is 13.2. The van der Waals surface area contributed by atoms with Gasteiger partial charge >= 0.3 is 0 Å². The molecule has 26 heavy (non-hydrogen) atoms. The van der Waals surface area contributed by atoms with Gasteiger partial charge in [-0.1, -0.05) is 30.3 Å². The molecule has 3 rings (SSSR count).